The molecule has 0 fully saturated rings. The Morgan fingerprint density at radius 1 is 1.14 bits per heavy atom. The summed E-state index contributed by atoms with van der Waals surface area (Å²) in [6, 6.07) is 10.4. The van der Waals surface area contributed by atoms with Crippen molar-refractivity contribution in [3.63, 3.8) is 0 Å². The van der Waals surface area contributed by atoms with Crippen molar-refractivity contribution in [1.29, 1.82) is 0 Å². The molecule has 0 aliphatic carbocycles. The topological polar surface area (TPSA) is 61.4 Å². The molecule has 0 aliphatic rings. The van der Waals surface area contributed by atoms with E-state index in [1.165, 1.54) is 0 Å². The SMILES string of the molecule is O=C(Nc1ccc(F)cc1F)NC(CO)c1ccccc1. The van der Waals surface area contributed by atoms with Crippen LogP contribution in [0.4, 0.5) is 19.3 Å². The number of hydrogen-bond acceptors (Lipinski definition) is 2. The van der Waals surface area contributed by atoms with E-state index in [0.29, 0.717) is 6.07 Å². The van der Waals surface area contributed by atoms with Crippen molar-refractivity contribution in [3.05, 3.63) is 65.7 Å². The number of halogens is 2. The van der Waals surface area contributed by atoms with Crippen molar-refractivity contribution in [2.75, 3.05) is 11.9 Å². The summed E-state index contributed by atoms with van der Waals surface area (Å²) < 4.78 is 26.2. The fourth-order valence-electron chi connectivity index (χ4n) is 1.83. The van der Waals surface area contributed by atoms with Gasteiger partial charge in [-0.1, -0.05) is 30.3 Å². The molecule has 1 unspecified atom stereocenters. The van der Waals surface area contributed by atoms with Gasteiger partial charge in [0.15, 0.2) is 0 Å². The Bertz CT molecular complexity index is 620. The van der Waals surface area contributed by atoms with E-state index >= 15 is 0 Å². The van der Waals surface area contributed by atoms with Crippen molar-refractivity contribution < 1.29 is 18.7 Å². The van der Waals surface area contributed by atoms with Crippen molar-refractivity contribution in [2.45, 2.75) is 6.04 Å². The van der Waals surface area contributed by atoms with E-state index in [1.807, 2.05) is 6.07 Å². The number of nitrogens with one attached hydrogen (secondary N) is 2. The molecule has 0 heterocycles. The molecule has 0 spiro atoms. The van der Waals surface area contributed by atoms with Gasteiger partial charge in [-0.15, -0.1) is 0 Å². The quantitative estimate of drug-likeness (QED) is 0.811. The average Bonchev–Trinajstić information content (AvgIpc) is 2.48. The van der Waals surface area contributed by atoms with Crippen LogP contribution in [0.25, 0.3) is 0 Å². The Hall–Kier alpha value is -2.47. The van der Waals surface area contributed by atoms with Crippen molar-refractivity contribution in [2.24, 2.45) is 0 Å². The van der Waals surface area contributed by atoms with Crippen LogP contribution >= 0.6 is 0 Å². The largest absolute Gasteiger partial charge is 0.394 e. The van der Waals surface area contributed by atoms with Crippen LogP contribution in [-0.4, -0.2) is 17.7 Å². The Morgan fingerprint density at radius 3 is 2.48 bits per heavy atom. The van der Waals surface area contributed by atoms with Crippen molar-refractivity contribution in [1.82, 2.24) is 5.32 Å². The third-order valence-corrected chi connectivity index (χ3v) is 2.87. The van der Waals surface area contributed by atoms with Gasteiger partial charge >= 0.3 is 6.03 Å². The van der Waals surface area contributed by atoms with Crippen LogP contribution in [0, 0.1) is 11.6 Å². The summed E-state index contributed by atoms with van der Waals surface area (Å²) in [6.45, 7) is -0.302. The number of rotatable bonds is 4. The maximum Gasteiger partial charge on any atom is 0.319 e. The molecule has 0 saturated heterocycles. The molecule has 0 aliphatic heterocycles. The van der Waals surface area contributed by atoms with E-state index in [2.05, 4.69) is 10.6 Å². The molecule has 0 aromatic heterocycles. The predicted octanol–water partition coefficient (Wildman–Crippen LogP) is 2.82. The minimum atomic E-state index is -0.870. The number of carbonyl (C=O) groups is 1. The highest BCUT2D eigenvalue weighted by molar-refractivity contribution is 5.89. The van der Waals surface area contributed by atoms with Crippen LogP contribution in [-0.2, 0) is 0 Å². The van der Waals surface area contributed by atoms with Gasteiger partial charge in [-0.05, 0) is 17.7 Å². The van der Waals surface area contributed by atoms with Gasteiger partial charge in [-0.2, -0.15) is 0 Å². The molecule has 21 heavy (non-hydrogen) atoms. The number of benzene rings is 2. The average molecular weight is 292 g/mol. The summed E-state index contributed by atoms with van der Waals surface area (Å²) in [5.41, 5.74) is 0.577. The normalized spacial score (nSPS) is 11.8. The Morgan fingerprint density at radius 2 is 1.86 bits per heavy atom. The molecule has 0 saturated carbocycles. The molecule has 2 rings (SSSR count). The molecule has 2 aromatic carbocycles. The first kappa shape index (κ1) is 14.9. The summed E-state index contributed by atoms with van der Waals surface area (Å²) in [5, 5.41) is 14.1. The molecule has 2 aromatic rings. The zero-order valence-corrected chi connectivity index (χ0v) is 11.0. The van der Waals surface area contributed by atoms with E-state index in [-0.39, 0.29) is 12.3 Å². The van der Waals surface area contributed by atoms with Gasteiger partial charge in [0.05, 0.1) is 18.3 Å². The lowest BCUT2D eigenvalue weighted by molar-refractivity contribution is 0.225. The van der Waals surface area contributed by atoms with Gasteiger partial charge in [0.1, 0.15) is 11.6 Å². The van der Waals surface area contributed by atoms with E-state index < -0.39 is 23.7 Å². The fraction of sp³-hybridized carbons (Fsp3) is 0.133. The van der Waals surface area contributed by atoms with Gasteiger partial charge in [-0.3, -0.25) is 0 Å². The van der Waals surface area contributed by atoms with Crippen LogP contribution in [0.1, 0.15) is 11.6 Å². The summed E-state index contributed by atoms with van der Waals surface area (Å²) in [6.07, 6.45) is 0. The molecule has 6 heteroatoms. The lowest BCUT2D eigenvalue weighted by atomic mass is 10.1. The number of hydrogen-bond donors (Lipinski definition) is 3. The minimum absolute atomic E-state index is 0.140. The van der Waals surface area contributed by atoms with Crippen LogP contribution in [0.3, 0.4) is 0 Å². The summed E-state index contributed by atoms with van der Waals surface area (Å²) >= 11 is 0. The van der Waals surface area contributed by atoms with Crippen molar-refractivity contribution in [3.8, 4) is 0 Å². The number of carbonyl (C=O) groups excluding carboxylic acids is 1. The van der Waals surface area contributed by atoms with E-state index in [9.17, 15) is 18.7 Å². The third-order valence-electron chi connectivity index (χ3n) is 2.87. The zero-order chi connectivity index (χ0) is 15.2. The first-order chi connectivity index (χ1) is 10.1. The highest BCUT2D eigenvalue weighted by Gasteiger charge is 2.14. The molecule has 2 amide bonds. The Labute approximate surface area is 120 Å². The smallest absolute Gasteiger partial charge is 0.319 e. The standard InChI is InChI=1S/C15H14F2N2O2/c16-11-6-7-13(12(17)8-11)18-15(21)19-14(9-20)10-4-2-1-3-5-10/h1-8,14,20H,9H2,(H2,18,19,21). The van der Waals surface area contributed by atoms with Crippen LogP contribution in [0.5, 0.6) is 0 Å². The first-order valence-corrected chi connectivity index (χ1v) is 6.28. The van der Waals surface area contributed by atoms with Gasteiger partial charge in [0, 0.05) is 6.07 Å². The second kappa shape index (κ2) is 6.81. The van der Waals surface area contributed by atoms with Gasteiger partial charge < -0.3 is 15.7 Å². The predicted molar refractivity (Wildman–Crippen MR) is 74.8 cm³/mol. The van der Waals surface area contributed by atoms with E-state index in [1.54, 1.807) is 24.3 Å². The monoisotopic (exact) mass is 292 g/mol. The summed E-state index contributed by atoms with van der Waals surface area (Å²) in [5.74, 6) is -1.60. The lowest BCUT2D eigenvalue weighted by Gasteiger charge is -2.17. The number of anilines is 1. The van der Waals surface area contributed by atoms with Crippen LogP contribution in [0.2, 0.25) is 0 Å². The number of amides is 2. The number of aliphatic hydroxyl groups is 1. The van der Waals surface area contributed by atoms with Gasteiger partial charge in [-0.25, -0.2) is 13.6 Å². The van der Waals surface area contributed by atoms with E-state index in [0.717, 1.165) is 17.7 Å². The zero-order valence-electron chi connectivity index (χ0n) is 11.0. The second-order valence-electron chi connectivity index (χ2n) is 4.37. The molecule has 4 nitrogen and oxygen atoms in total. The lowest BCUT2D eigenvalue weighted by Crippen LogP contribution is -2.34. The second-order valence-corrected chi connectivity index (χ2v) is 4.37. The number of aliphatic hydroxyl groups excluding tert-OH is 1. The fourth-order valence-corrected chi connectivity index (χ4v) is 1.83. The minimum Gasteiger partial charge on any atom is -0.394 e. The molecular weight excluding hydrogens is 278 g/mol. The maximum absolute atomic E-state index is 13.4. The Kier molecular flexibility index (Phi) is 4.84. The van der Waals surface area contributed by atoms with Gasteiger partial charge in [0.25, 0.3) is 0 Å². The molecule has 3 N–H and O–H groups in total. The maximum atomic E-state index is 13.4. The molecule has 0 radical (unpaired) electrons. The molecule has 1 atom stereocenters. The number of urea groups is 1. The van der Waals surface area contributed by atoms with Crippen molar-refractivity contribution >= 4 is 11.7 Å². The molecular formula is C15H14F2N2O2. The highest BCUT2D eigenvalue weighted by atomic mass is 19.1. The molecule has 110 valence electrons. The van der Waals surface area contributed by atoms with E-state index in [4.69, 9.17) is 0 Å². The third kappa shape index (κ3) is 4.00. The summed E-state index contributed by atoms with van der Waals surface area (Å²) in [4.78, 5) is 11.8. The molecule has 0 bridgehead atoms. The van der Waals surface area contributed by atoms with Gasteiger partial charge in [0.2, 0.25) is 0 Å². The summed E-state index contributed by atoms with van der Waals surface area (Å²) in [7, 11) is 0. The Balaban J connectivity index is 2.03. The van der Waals surface area contributed by atoms with Crippen LogP contribution in [0.15, 0.2) is 48.5 Å². The van der Waals surface area contributed by atoms with Crippen LogP contribution < -0.4 is 10.6 Å². The first-order valence-electron chi connectivity index (χ1n) is 6.28. The highest BCUT2D eigenvalue weighted by Crippen LogP contribution is 2.16.